The molecule has 2 N–H and O–H groups in total. The fraction of sp³-hybridized carbons (Fsp3) is 0.0667. The highest BCUT2D eigenvalue weighted by molar-refractivity contribution is 7.89. The maximum Gasteiger partial charge on any atom is 0.296 e. The summed E-state index contributed by atoms with van der Waals surface area (Å²) >= 11 is 5.77. The van der Waals surface area contributed by atoms with Gasteiger partial charge in [0.05, 0.1) is 16.1 Å². The van der Waals surface area contributed by atoms with Crippen LogP contribution in [-0.4, -0.2) is 20.1 Å². The molecule has 23 heavy (non-hydrogen) atoms. The van der Waals surface area contributed by atoms with Gasteiger partial charge in [-0.15, -0.1) is 0 Å². The highest BCUT2D eigenvalue weighted by Crippen LogP contribution is 2.25. The summed E-state index contributed by atoms with van der Waals surface area (Å²) < 4.78 is 27.1. The topological polar surface area (TPSA) is 92.3 Å². The number of halogens is 1. The number of sulfonamides is 1. The summed E-state index contributed by atoms with van der Waals surface area (Å²) in [5.74, 6) is -1.50. The van der Waals surface area contributed by atoms with Gasteiger partial charge in [-0.2, -0.15) is 0 Å². The van der Waals surface area contributed by atoms with Crippen molar-refractivity contribution in [1.82, 2.24) is 4.72 Å². The Hall–Kier alpha value is -2.22. The Balaban J connectivity index is 1.82. The number of nitrogens with one attached hydrogen (secondary N) is 2. The Labute approximate surface area is 137 Å². The van der Waals surface area contributed by atoms with E-state index in [9.17, 15) is 18.0 Å². The standard InChI is InChI=1S/C15H11ClN2O4S/c16-10-3-1-9(2-4-10)8-17-23(21,22)11-5-6-13-12(7-11)14(19)15(20)18-13/h1-7,17H,8H2,(H,18,19,20). The first kappa shape index (κ1) is 15.7. The van der Waals surface area contributed by atoms with Crippen molar-refractivity contribution in [2.75, 3.05) is 5.32 Å². The van der Waals surface area contributed by atoms with E-state index in [-0.39, 0.29) is 17.0 Å². The van der Waals surface area contributed by atoms with Crippen LogP contribution in [0.25, 0.3) is 0 Å². The van der Waals surface area contributed by atoms with E-state index in [0.29, 0.717) is 10.7 Å². The molecule has 0 atom stereocenters. The van der Waals surface area contributed by atoms with Crippen molar-refractivity contribution in [3.63, 3.8) is 0 Å². The van der Waals surface area contributed by atoms with Gasteiger partial charge in [0.2, 0.25) is 10.0 Å². The molecule has 2 aromatic rings. The Morgan fingerprint density at radius 1 is 1.04 bits per heavy atom. The average molecular weight is 351 g/mol. The number of hydrogen-bond acceptors (Lipinski definition) is 4. The third-order valence-electron chi connectivity index (χ3n) is 3.38. The van der Waals surface area contributed by atoms with Gasteiger partial charge in [0.1, 0.15) is 0 Å². The molecule has 0 aliphatic carbocycles. The number of carbonyl (C=O) groups excluding carboxylic acids is 2. The van der Waals surface area contributed by atoms with Gasteiger partial charge >= 0.3 is 0 Å². The lowest BCUT2D eigenvalue weighted by Gasteiger charge is -2.08. The van der Waals surface area contributed by atoms with E-state index in [4.69, 9.17) is 11.6 Å². The van der Waals surface area contributed by atoms with Crippen molar-refractivity contribution < 1.29 is 18.0 Å². The summed E-state index contributed by atoms with van der Waals surface area (Å²) in [5.41, 5.74) is 1.12. The molecule has 0 radical (unpaired) electrons. The van der Waals surface area contributed by atoms with Crippen LogP contribution >= 0.6 is 11.6 Å². The van der Waals surface area contributed by atoms with E-state index in [1.807, 2.05) is 0 Å². The van der Waals surface area contributed by atoms with E-state index in [1.54, 1.807) is 24.3 Å². The van der Waals surface area contributed by atoms with Gasteiger partial charge in [-0.25, -0.2) is 13.1 Å². The lowest BCUT2D eigenvalue weighted by Crippen LogP contribution is -2.23. The third-order valence-corrected chi connectivity index (χ3v) is 5.03. The van der Waals surface area contributed by atoms with E-state index in [2.05, 4.69) is 10.0 Å². The summed E-state index contributed by atoms with van der Waals surface area (Å²) in [6.07, 6.45) is 0. The molecule has 0 fully saturated rings. The van der Waals surface area contributed by atoms with Gasteiger partial charge in [-0.3, -0.25) is 9.59 Å². The number of benzene rings is 2. The first-order valence-corrected chi connectivity index (χ1v) is 8.47. The predicted molar refractivity (Wildman–Crippen MR) is 84.9 cm³/mol. The quantitative estimate of drug-likeness (QED) is 0.824. The lowest BCUT2D eigenvalue weighted by atomic mass is 10.1. The Kier molecular flexibility index (Phi) is 3.93. The summed E-state index contributed by atoms with van der Waals surface area (Å²) in [7, 11) is -3.81. The molecule has 0 bridgehead atoms. The Bertz CT molecular complexity index is 908. The molecule has 8 heteroatoms. The zero-order valence-corrected chi connectivity index (χ0v) is 13.2. The van der Waals surface area contributed by atoms with Crippen molar-refractivity contribution in [2.24, 2.45) is 0 Å². The van der Waals surface area contributed by atoms with E-state index in [1.165, 1.54) is 18.2 Å². The third kappa shape index (κ3) is 3.12. The van der Waals surface area contributed by atoms with E-state index in [0.717, 1.165) is 5.56 Å². The molecule has 3 rings (SSSR count). The molecule has 0 saturated heterocycles. The molecule has 0 spiro atoms. The second-order valence-electron chi connectivity index (χ2n) is 4.94. The SMILES string of the molecule is O=C1Nc2ccc(S(=O)(=O)NCc3ccc(Cl)cc3)cc2C1=O. The van der Waals surface area contributed by atoms with Crippen LogP contribution in [0.4, 0.5) is 5.69 Å². The molecule has 6 nitrogen and oxygen atoms in total. The van der Waals surface area contributed by atoms with Crippen LogP contribution in [0.3, 0.4) is 0 Å². The molecule has 1 aliphatic heterocycles. The van der Waals surface area contributed by atoms with Crippen LogP contribution < -0.4 is 10.0 Å². The summed E-state index contributed by atoms with van der Waals surface area (Å²) in [5, 5.41) is 2.93. The molecular formula is C15H11ClN2O4S. The number of hydrogen-bond donors (Lipinski definition) is 2. The van der Waals surface area contributed by atoms with Crippen molar-refractivity contribution in [3.8, 4) is 0 Å². The lowest BCUT2D eigenvalue weighted by molar-refractivity contribution is -0.112. The molecule has 1 aliphatic rings. The van der Waals surface area contributed by atoms with Gasteiger partial charge in [0.15, 0.2) is 0 Å². The largest absolute Gasteiger partial charge is 0.318 e. The van der Waals surface area contributed by atoms with Gasteiger partial charge in [0, 0.05) is 11.6 Å². The van der Waals surface area contributed by atoms with Crippen LogP contribution in [0.1, 0.15) is 15.9 Å². The maximum absolute atomic E-state index is 12.3. The fourth-order valence-electron chi connectivity index (χ4n) is 2.15. The number of amides is 1. The number of fused-ring (bicyclic) bond motifs is 1. The number of anilines is 1. The second kappa shape index (κ2) is 5.77. The van der Waals surface area contributed by atoms with Gasteiger partial charge in [-0.1, -0.05) is 23.7 Å². The molecule has 118 valence electrons. The smallest absolute Gasteiger partial charge is 0.296 e. The summed E-state index contributed by atoms with van der Waals surface area (Å²) in [6, 6.07) is 10.7. The number of Topliss-reactive ketones (excluding diaryl/α,β-unsaturated/α-hetero) is 1. The minimum Gasteiger partial charge on any atom is -0.318 e. The van der Waals surface area contributed by atoms with Crippen molar-refractivity contribution in [1.29, 1.82) is 0 Å². The second-order valence-corrected chi connectivity index (χ2v) is 7.15. The fourth-order valence-corrected chi connectivity index (χ4v) is 3.32. The summed E-state index contributed by atoms with van der Waals surface area (Å²) in [4.78, 5) is 22.9. The molecule has 0 saturated carbocycles. The minimum absolute atomic E-state index is 0.0596. The van der Waals surface area contributed by atoms with E-state index >= 15 is 0 Å². The molecule has 1 heterocycles. The average Bonchev–Trinajstić information content (AvgIpc) is 2.81. The van der Waals surface area contributed by atoms with Crippen LogP contribution in [0.5, 0.6) is 0 Å². The van der Waals surface area contributed by atoms with E-state index < -0.39 is 21.7 Å². The first-order chi connectivity index (χ1) is 10.9. The van der Waals surface area contributed by atoms with Crippen LogP contribution in [0, 0.1) is 0 Å². The highest BCUT2D eigenvalue weighted by Gasteiger charge is 2.29. The predicted octanol–water partition coefficient (Wildman–Crippen LogP) is 1.95. The number of ketones is 1. The minimum atomic E-state index is -3.81. The molecule has 2 aromatic carbocycles. The van der Waals surface area contributed by atoms with Crippen LogP contribution in [-0.2, 0) is 21.4 Å². The Morgan fingerprint density at radius 3 is 2.43 bits per heavy atom. The molecular weight excluding hydrogens is 340 g/mol. The normalized spacial score (nSPS) is 13.8. The van der Waals surface area contributed by atoms with Gasteiger partial charge < -0.3 is 5.32 Å². The monoisotopic (exact) mass is 350 g/mol. The van der Waals surface area contributed by atoms with Crippen molar-refractivity contribution in [2.45, 2.75) is 11.4 Å². The zero-order chi connectivity index (χ0) is 16.6. The molecule has 0 unspecified atom stereocenters. The maximum atomic E-state index is 12.3. The van der Waals surface area contributed by atoms with Crippen molar-refractivity contribution in [3.05, 3.63) is 58.6 Å². The number of carbonyl (C=O) groups is 2. The van der Waals surface area contributed by atoms with Gasteiger partial charge in [-0.05, 0) is 35.9 Å². The summed E-state index contributed by atoms with van der Waals surface area (Å²) in [6.45, 7) is 0.0850. The highest BCUT2D eigenvalue weighted by atomic mass is 35.5. The van der Waals surface area contributed by atoms with Crippen LogP contribution in [0.2, 0.25) is 5.02 Å². The van der Waals surface area contributed by atoms with Crippen LogP contribution in [0.15, 0.2) is 47.4 Å². The molecule has 0 aromatic heterocycles. The zero-order valence-electron chi connectivity index (χ0n) is 11.7. The number of rotatable bonds is 4. The molecule has 1 amide bonds. The first-order valence-electron chi connectivity index (χ1n) is 6.61. The Morgan fingerprint density at radius 2 is 1.74 bits per heavy atom. The van der Waals surface area contributed by atoms with Gasteiger partial charge in [0.25, 0.3) is 11.7 Å². The van der Waals surface area contributed by atoms with Crippen molar-refractivity contribution >= 4 is 39.0 Å².